The van der Waals surface area contributed by atoms with Crippen LogP contribution in [-0.4, -0.2) is 34.6 Å². The maximum atomic E-state index is 5.54. The Morgan fingerprint density at radius 1 is 1.05 bits per heavy atom. The van der Waals surface area contributed by atoms with E-state index in [9.17, 15) is 0 Å². The summed E-state index contributed by atoms with van der Waals surface area (Å²) < 4.78 is 5.54. The lowest BCUT2D eigenvalue weighted by Gasteiger charge is -2.23. The molecule has 0 atom stereocenters. The van der Waals surface area contributed by atoms with Crippen molar-refractivity contribution < 1.29 is 4.74 Å². The summed E-state index contributed by atoms with van der Waals surface area (Å²) in [6.07, 6.45) is 6.11. The molecule has 6 heteroatoms. The molecular formula is C15H27N5O. The second-order valence-electron chi connectivity index (χ2n) is 6.02. The van der Waals surface area contributed by atoms with Crippen LogP contribution in [0.25, 0.3) is 0 Å². The number of nitrogens with one attached hydrogen (secondary N) is 2. The van der Waals surface area contributed by atoms with Crippen LogP contribution in [0.4, 0.5) is 11.9 Å². The largest absolute Gasteiger partial charge is 0.463 e. The molecule has 21 heavy (non-hydrogen) atoms. The van der Waals surface area contributed by atoms with Crippen molar-refractivity contribution in [1.29, 1.82) is 0 Å². The van der Waals surface area contributed by atoms with Crippen molar-refractivity contribution in [2.45, 2.75) is 52.9 Å². The summed E-state index contributed by atoms with van der Waals surface area (Å²) in [6.45, 7) is 8.69. The first-order valence-electron chi connectivity index (χ1n) is 8.02. The number of hydrogen-bond donors (Lipinski definition) is 2. The molecule has 6 nitrogen and oxygen atoms in total. The average Bonchev–Trinajstić information content (AvgIpc) is 2.91. The van der Waals surface area contributed by atoms with E-state index in [0.717, 1.165) is 19.5 Å². The molecule has 0 spiro atoms. The molecule has 1 aliphatic carbocycles. The van der Waals surface area contributed by atoms with Gasteiger partial charge in [-0.15, -0.1) is 0 Å². The summed E-state index contributed by atoms with van der Waals surface area (Å²) in [7, 11) is 0. The van der Waals surface area contributed by atoms with Gasteiger partial charge in [-0.05, 0) is 31.6 Å². The summed E-state index contributed by atoms with van der Waals surface area (Å²) in [6, 6.07) is 0.391. The van der Waals surface area contributed by atoms with Crippen LogP contribution in [0.2, 0.25) is 0 Å². The van der Waals surface area contributed by atoms with Gasteiger partial charge < -0.3 is 15.4 Å². The Bertz CT molecular complexity index is 446. The molecule has 0 amide bonds. The Morgan fingerprint density at radius 2 is 1.71 bits per heavy atom. The summed E-state index contributed by atoms with van der Waals surface area (Å²) in [5.74, 6) is 1.16. The van der Waals surface area contributed by atoms with Crippen LogP contribution in [-0.2, 0) is 0 Å². The second-order valence-corrected chi connectivity index (χ2v) is 6.02. The Balaban J connectivity index is 2.03. The molecule has 1 saturated carbocycles. The van der Waals surface area contributed by atoms with E-state index in [-0.39, 0.29) is 0 Å². The fourth-order valence-electron chi connectivity index (χ4n) is 2.63. The monoisotopic (exact) mass is 293 g/mol. The van der Waals surface area contributed by atoms with Crippen molar-refractivity contribution in [1.82, 2.24) is 15.0 Å². The highest BCUT2D eigenvalue weighted by Crippen LogP contribution is 2.37. The predicted molar refractivity (Wildman–Crippen MR) is 84.8 cm³/mol. The van der Waals surface area contributed by atoms with Gasteiger partial charge in [-0.2, -0.15) is 15.0 Å². The Morgan fingerprint density at radius 3 is 2.33 bits per heavy atom. The number of aromatic nitrogens is 3. The molecule has 1 heterocycles. The maximum absolute atomic E-state index is 5.54. The smallest absolute Gasteiger partial charge is 0.323 e. The molecule has 1 aliphatic rings. The first-order valence-corrected chi connectivity index (χ1v) is 8.02. The van der Waals surface area contributed by atoms with Crippen LogP contribution < -0.4 is 15.4 Å². The van der Waals surface area contributed by atoms with Crippen molar-refractivity contribution in [3.8, 4) is 6.01 Å². The molecule has 2 N–H and O–H groups in total. The van der Waals surface area contributed by atoms with E-state index in [1.54, 1.807) is 0 Å². The minimum Gasteiger partial charge on any atom is -0.463 e. The normalized spacial score (nSPS) is 16.7. The van der Waals surface area contributed by atoms with Gasteiger partial charge in [0, 0.05) is 13.1 Å². The number of nitrogens with zero attached hydrogens (tertiary/aromatic N) is 3. The van der Waals surface area contributed by atoms with Gasteiger partial charge in [-0.3, -0.25) is 0 Å². The molecule has 1 aromatic heterocycles. The zero-order valence-corrected chi connectivity index (χ0v) is 13.4. The summed E-state index contributed by atoms with van der Waals surface area (Å²) >= 11 is 0. The van der Waals surface area contributed by atoms with Gasteiger partial charge in [0.15, 0.2) is 0 Å². The van der Waals surface area contributed by atoms with Gasteiger partial charge in [0.2, 0.25) is 11.9 Å². The topological polar surface area (TPSA) is 72.0 Å². The van der Waals surface area contributed by atoms with Gasteiger partial charge >= 0.3 is 6.01 Å². The third-order valence-electron chi connectivity index (χ3n) is 3.87. The summed E-state index contributed by atoms with van der Waals surface area (Å²) in [5.41, 5.74) is 0.357. The zero-order valence-electron chi connectivity index (χ0n) is 13.4. The highest BCUT2D eigenvalue weighted by atomic mass is 16.5. The third-order valence-corrected chi connectivity index (χ3v) is 3.87. The third kappa shape index (κ3) is 4.72. The van der Waals surface area contributed by atoms with Crippen LogP contribution in [0.1, 0.15) is 52.9 Å². The van der Waals surface area contributed by atoms with E-state index in [1.807, 2.05) is 6.92 Å². The molecule has 0 aromatic carbocycles. The van der Waals surface area contributed by atoms with Crippen molar-refractivity contribution in [3.63, 3.8) is 0 Å². The molecule has 0 aliphatic heterocycles. The van der Waals surface area contributed by atoms with Crippen molar-refractivity contribution in [3.05, 3.63) is 0 Å². The minimum atomic E-state index is 0.357. The number of rotatable bonds is 8. The minimum absolute atomic E-state index is 0.357. The van der Waals surface area contributed by atoms with Crippen LogP contribution in [0.3, 0.4) is 0 Å². The van der Waals surface area contributed by atoms with E-state index in [4.69, 9.17) is 4.74 Å². The maximum Gasteiger partial charge on any atom is 0.323 e. The van der Waals surface area contributed by atoms with Crippen molar-refractivity contribution in [2.24, 2.45) is 5.41 Å². The molecule has 1 aromatic rings. The van der Waals surface area contributed by atoms with E-state index in [1.165, 1.54) is 25.7 Å². The lowest BCUT2D eigenvalue weighted by atomic mass is 9.89. The van der Waals surface area contributed by atoms with Gasteiger partial charge in [-0.25, -0.2) is 0 Å². The fourth-order valence-corrected chi connectivity index (χ4v) is 2.63. The Labute approximate surface area is 127 Å². The first-order chi connectivity index (χ1) is 10.1. The van der Waals surface area contributed by atoms with E-state index in [2.05, 4.69) is 39.4 Å². The summed E-state index contributed by atoms with van der Waals surface area (Å²) in [5, 5.41) is 6.48. The van der Waals surface area contributed by atoms with E-state index >= 15 is 0 Å². The SMILES string of the molecule is CCCOc1nc(NCC)nc(NCC2(C)CCCC2)n1. The lowest BCUT2D eigenvalue weighted by Crippen LogP contribution is -2.24. The molecule has 0 radical (unpaired) electrons. The highest BCUT2D eigenvalue weighted by molar-refractivity contribution is 5.36. The molecular weight excluding hydrogens is 266 g/mol. The molecule has 2 rings (SSSR count). The van der Waals surface area contributed by atoms with Gasteiger partial charge in [0.25, 0.3) is 0 Å². The van der Waals surface area contributed by atoms with E-state index < -0.39 is 0 Å². The van der Waals surface area contributed by atoms with Gasteiger partial charge in [0.05, 0.1) is 6.61 Å². The van der Waals surface area contributed by atoms with Gasteiger partial charge in [-0.1, -0.05) is 26.7 Å². The Kier molecular flexibility index (Phi) is 5.59. The molecule has 0 bridgehead atoms. The number of anilines is 2. The van der Waals surface area contributed by atoms with Crippen molar-refractivity contribution in [2.75, 3.05) is 30.3 Å². The Hall–Kier alpha value is -1.59. The second kappa shape index (κ2) is 7.43. The molecule has 1 fully saturated rings. The number of ether oxygens (including phenoxy) is 1. The molecule has 118 valence electrons. The fraction of sp³-hybridized carbons (Fsp3) is 0.800. The van der Waals surface area contributed by atoms with Crippen molar-refractivity contribution >= 4 is 11.9 Å². The standard InChI is InChI=1S/C15H27N5O/c1-4-10-21-14-19-12(16-5-2)18-13(20-14)17-11-15(3)8-6-7-9-15/h4-11H2,1-3H3,(H2,16,17,18,19,20). The average molecular weight is 293 g/mol. The lowest BCUT2D eigenvalue weighted by molar-refractivity contribution is 0.292. The zero-order chi connectivity index (χ0) is 15.1. The quantitative estimate of drug-likeness (QED) is 0.767. The molecule has 0 saturated heterocycles. The van der Waals surface area contributed by atoms with Gasteiger partial charge in [0.1, 0.15) is 0 Å². The number of hydrogen-bond acceptors (Lipinski definition) is 6. The highest BCUT2D eigenvalue weighted by Gasteiger charge is 2.28. The van der Waals surface area contributed by atoms with Crippen LogP contribution in [0, 0.1) is 5.41 Å². The summed E-state index contributed by atoms with van der Waals surface area (Å²) in [4.78, 5) is 13.0. The molecule has 0 unspecified atom stereocenters. The van der Waals surface area contributed by atoms with Crippen LogP contribution in [0.5, 0.6) is 6.01 Å². The predicted octanol–water partition coefficient (Wildman–Crippen LogP) is 3.08. The van der Waals surface area contributed by atoms with Crippen LogP contribution >= 0.6 is 0 Å². The first kappa shape index (κ1) is 15.8. The van der Waals surface area contributed by atoms with Crippen LogP contribution in [0.15, 0.2) is 0 Å². The van der Waals surface area contributed by atoms with E-state index in [0.29, 0.717) is 29.9 Å².